The van der Waals surface area contributed by atoms with Gasteiger partial charge in [-0.1, -0.05) is 53.8 Å². The Kier molecular flexibility index (Phi) is 5.88. The Bertz CT molecular complexity index is 1510. The number of amides is 1. The van der Waals surface area contributed by atoms with Gasteiger partial charge in [-0.25, -0.2) is 18.2 Å². The van der Waals surface area contributed by atoms with E-state index in [1.54, 1.807) is 43.3 Å². The molecule has 3 N–H and O–H groups in total. The molecule has 33 heavy (non-hydrogen) atoms. The van der Waals surface area contributed by atoms with Gasteiger partial charge in [0.15, 0.2) is 9.34 Å². The van der Waals surface area contributed by atoms with Crippen LogP contribution in [0.3, 0.4) is 0 Å². The summed E-state index contributed by atoms with van der Waals surface area (Å²) in [5, 5.41) is 13.4. The zero-order valence-electron chi connectivity index (χ0n) is 17.6. The molecule has 0 spiro atoms. The van der Waals surface area contributed by atoms with Crippen LogP contribution >= 0.6 is 11.3 Å². The fourth-order valence-electron chi connectivity index (χ4n) is 3.49. The molecule has 0 saturated carbocycles. The van der Waals surface area contributed by atoms with E-state index in [0.717, 1.165) is 22.3 Å². The van der Waals surface area contributed by atoms with E-state index in [9.17, 15) is 23.1 Å². The number of hydrogen-bond acceptors (Lipinski definition) is 6. The first-order valence-corrected chi connectivity index (χ1v) is 12.1. The molecule has 0 aliphatic carbocycles. The minimum Gasteiger partial charge on any atom is -0.478 e. The number of carbonyl (C=O) groups excluding carboxylic acids is 1. The van der Waals surface area contributed by atoms with E-state index in [2.05, 4.69) is 15.0 Å². The lowest BCUT2D eigenvalue weighted by atomic mass is 9.96. The maximum Gasteiger partial charge on any atom is 0.335 e. The van der Waals surface area contributed by atoms with E-state index >= 15 is 0 Å². The Morgan fingerprint density at radius 2 is 1.73 bits per heavy atom. The van der Waals surface area contributed by atoms with Gasteiger partial charge in [-0.15, -0.1) is 0 Å². The first-order chi connectivity index (χ1) is 15.7. The van der Waals surface area contributed by atoms with Gasteiger partial charge in [0.05, 0.1) is 16.9 Å². The average molecular weight is 482 g/mol. The molecular formula is C23H19N3O5S2. The molecule has 0 fully saturated rings. The van der Waals surface area contributed by atoms with Gasteiger partial charge in [0.2, 0.25) is 5.91 Å². The molecule has 1 heterocycles. The molecule has 1 amide bonds. The number of aromatic nitrogens is 1. The maximum atomic E-state index is 13.1. The molecule has 0 bridgehead atoms. The standard InChI is InChI=1S/C23H19N3O5S2/c1-13-22(32-23(24-13)25-14(2)27)33(30,31)26-20-11-10-17(18-8-3-4-9-19(18)20)15-6-5-7-16(12-15)21(28)29/h3-12,26H,1-2H3,(H,28,29)(H,24,25,27). The first kappa shape index (κ1) is 22.4. The van der Waals surface area contributed by atoms with Crippen LogP contribution in [0.15, 0.2) is 64.9 Å². The van der Waals surface area contributed by atoms with Crippen LogP contribution in [0.5, 0.6) is 0 Å². The number of carboxylic acid groups (broad SMARTS) is 1. The molecule has 4 aromatic rings. The number of nitrogens with zero attached hydrogens (tertiary/aromatic N) is 1. The summed E-state index contributed by atoms with van der Waals surface area (Å²) < 4.78 is 28.9. The first-order valence-electron chi connectivity index (χ1n) is 9.79. The average Bonchev–Trinajstić information content (AvgIpc) is 3.14. The molecule has 0 radical (unpaired) electrons. The maximum absolute atomic E-state index is 13.1. The molecule has 0 unspecified atom stereocenters. The van der Waals surface area contributed by atoms with Crippen molar-refractivity contribution in [2.75, 3.05) is 10.0 Å². The summed E-state index contributed by atoms with van der Waals surface area (Å²) >= 11 is 0.875. The molecule has 0 aliphatic heterocycles. The summed E-state index contributed by atoms with van der Waals surface area (Å²) in [5.41, 5.74) is 2.30. The normalized spacial score (nSPS) is 11.3. The summed E-state index contributed by atoms with van der Waals surface area (Å²) in [6.07, 6.45) is 0. The number of aromatic carboxylic acids is 1. The van der Waals surface area contributed by atoms with Gasteiger partial charge < -0.3 is 10.4 Å². The lowest BCUT2D eigenvalue weighted by molar-refractivity contribution is -0.114. The highest BCUT2D eigenvalue weighted by molar-refractivity contribution is 7.94. The second kappa shape index (κ2) is 8.64. The van der Waals surface area contributed by atoms with Crippen LogP contribution in [-0.4, -0.2) is 30.4 Å². The number of sulfonamides is 1. The number of fused-ring (bicyclic) bond motifs is 1. The molecule has 0 saturated heterocycles. The molecule has 168 valence electrons. The molecule has 4 rings (SSSR count). The van der Waals surface area contributed by atoms with Crippen molar-refractivity contribution in [2.24, 2.45) is 0 Å². The molecule has 8 nitrogen and oxygen atoms in total. The van der Waals surface area contributed by atoms with Crippen molar-refractivity contribution < 1.29 is 23.1 Å². The summed E-state index contributed by atoms with van der Waals surface area (Å²) in [7, 11) is -3.97. The predicted octanol–water partition coefficient (Wildman–Crippen LogP) is 4.73. The highest BCUT2D eigenvalue weighted by Gasteiger charge is 2.23. The number of carboxylic acids is 1. The van der Waals surface area contributed by atoms with E-state index < -0.39 is 16.0 Å². The predicted molar refractivity (Wildman–Crippen MR) is 128 cm³/mol. The number of hydrogen-bond donors (Lipinski definition) is 3. The second-order valence-electron chi connectivity index (χ2n) is 7.27. The van der Waals surface area contributed by atoms with Crippen molar-refractivity contribution in [1.82, 2.24) is 4.98 Å². The fourth-order valence-corrected chi connectivity index (χ4v) is 6.03. The highest BCUT2D eigenvalue weighted by Crippen LogP contribution is 2.36. The van der Waals surface area contributed by atoms with Crippen molar-refractivity contribution in [3.63, 3.8) is 0 Å². The summed E-state index contributed by atoms with van der Waals surface area (Å²) in [6.45, 7) is 2.88. The highest BCUT2D eigenvalue weighted by atomic mass is 32.2. The van der Waals surface area contributed by atoms with Crippen molar-refractivity contribution in [3.05, 3.63) is 71.9 Å². The minimum absolute atomic E-state index is 0.00793. The van der Waals surface area contributed by atoms with E-state index in [4.69, 9.17) is 0 Å². The lowest BCUT2D eigenvalue weighted by Crippen LogP contribution is -2.13. The zero-order valence-corrected chi connectivity index (χ0v) is 19.3. The van der Waals surface area contributed by atoms with Crippen LogP contribution in [-0.2, 0) is 14.8 Å². The number of nitrogens with one attached hydrogen (secondary N) is 2. The van der Waals surface area contributed by atoms with Gasteiger partial charge in [0.25, 0.3) is 10.0 Å². The summed E-state index contributed by atoms with van der Waals surface area (Å²) in [5.74, 6) is -1.36. The Balaban J connectivity index is 1.77. The SMILES string of the molecule is CC(=O)Nc1nc(C)c(S(=O)(=O)Nc2ccc(-c3cccc(C(=O)O)c3)c3ccccc23)s1. The lowest BCUT2D eigenvalue weighted by Gasteiger charge is -2.14. The zero-order chi connectivity index (χ0) is 23.8. The molecule has 0 aliphatic rings. The van der Waals surface area contributed by atoms with E-state index in [-0.39, 0.29) is 26.5 Å². The molecule has 0 atom stereocenters. The Morgan fingerprint density at radius 3 is 2.42 bits per heavy atom. The van der Waals surface area contributed by atoms with Gasteiger partial charge in [0.1, 0.15) is 0 Å². The molecule has 3 aromatic carbocycles. The fraction of sp³-hybridized carbons (Fsp3) is 0.0870. The second-order valence-corrected chi connectivity index (χ2v) is 10.1. The largest absolute Gasteiger partial charge is 0.478 e. The molecular weight excluding hydrogens is 462 g/mol. The van der Waals surface area contributed by atoms with Crippen molar-refractivity contribution in [3.8, 4) is 11.1 Å². The van der Waals surface area contributed by atoms with E-state index in [1.807, 2.05) is 18.2 Å². The Hall–Kier alpha value is -3.76. The Morgan fingerprint density at radius 1 is 1.00 bits per heavy atom. The molecule has 10 heteroatoms. The van der Waals surface area contributed by atoms with Crippen LogP contribution in [0, 0.1) is 6.92 Å². The van der Waals surface area contributed by atoms with Gasteiger partial charge in [-0.3, -0.25) is 9.52 Å². The minimum atomic E-state index is -3.97. The third kappa shape index (κ3) is 4.57. The summed E-state index contributed by atoms with van der Waals surface area (Å²) in [6, 6.07) is 17.2. The number of anilines is 2. The third-order valence-electron chi connectivity index (χ3n) is 4.87. The number of rotatable bonds is 6. The Labute approximate surface area is 194 Å². The van der Waals surface area contributed by atoms with Crippen LogP contribution in [0.25, 0.3) is 21.9 Å². The summed E-state index contributed by atoms with van der Waals surface area (Å²) in [4.78, 5) is 26.8. The van der Waals surface area contributed by atoms with Gasteiger partial charge in [-0.2, -0.15) is 0 Å². The van der Waals surface area contributed by atoms with Crippen molar-refractivity contribution >= 4 is 54.8 Å². The monoisotopic (exact) mass is 481 g/mol. The van der Waals surface area contributed by atoms with Crippen LogP contribution < -0.4 is 10.0 Å². The van der Waals surface area contributed by atoms with Gasteiger partial charge >= 0.3 is 5.97 Å². The van der Waals surface area contributed by atoms with E-state index in [0.29, 0.717) is 16.6 Å². The topological polar surface area (TPSA) is 125 Å². The number of benzene rings is 3. The number of carbonyl (C=O) groups is 2. The van der Waals surface area contributed by atoms with Crippen LogP contribution in [0.4, 0.5) is 10.8 Å². The quantitative estimate of drug-likeness (QED) is 0.366. The van der Waals surface area contributed by atoms with E-state index in [1.165, 1.54) is 13.0 Å². The smallest absolute Gasteiger partial charge is 0.335 e. The molecule has 1 aromatic heterocycles. The van der Waals surface area contributed by atoms with Gasteiger partial charge in [-0.05, 0) is 41.6 Å². The van der Waals surface area contributed by atoms with Crippen molar-refractivity contribution in [2.45, 2.75) is 18.1 Å². The van der Waals surface area contributed by atoms with Crippen molar-refractivity contribution in [1.29, 1.82) is 0 Å². The van der Waals surface area contributed by atoms with Crippen LogP contribution in [0.1, 0.15) is 23.0 Å². The van der Waals surface area contributed by atoms with Crippen LogP contribution in [0.2, 0.25) is 0 Å². The third-order valence-corrected chi connectivity index (χ3v) is 7.92. The number of thiazole rings is 1. The van der Waals surface area contributed by atoms with Gasteiger partial charge in [0, 0.05) is 12.3 Å². The number of aryl methyl sites for hydroxylation is 1.